The molecule has 3 aromatic rings. The van der Waals surface area contributed by atoms with Gasteiger partial charge in [0.1, 0.15) is 17.5 Å². The van der Waals surface area contributed by atoms with Gasteiger partial charge in [-0.25, -0.2) is 15.0 Å². The SMILES string of the molecule is CC(=O)N[C@@H]1CCN(c2cc3c(NC(C)c4ccccc4C)nc(C)nc3cn2)C1. The van der Waals surface area contributed by atoms with Gasteiger partial charge in [-0.1, -0.05) is 24.3 Å². The van der Waals surface area contributed by atoms with Crippen molar-refractivity contribution in [2.75, 3.05) is 23.3 Å². The third-order valence-corrected chi connectivity index (χ3v) is 5.61. The van der Waals surface area contributed by atoms with Crippen molar-refractivity contribution in [3.8, 4) is 0 Å². The van der Waals surface area contributed by atoms with Crippen molar-refractivity contribution in [2.45, 2.75) is 46.2 Å². The molecule has 1 aromatic carbocycles. The van der Waals surface area contributed by atoms with Crippen molar-refractivity contribution >= 4 is 28.4 Å². The third-order valence-electron chi connectivity index (χ3n) is 5.61. The van der Waals surface area contributed by atoms with Gasteiger partial charge < -0.3 is 15.5 Å². The standard InChI is InChI=1S/C23H28N6O/c1-14-7-5-6-8-19(14)15(2)25-23-20-11-22(24-12-21(20)26-16(3)27-23)29-10-9-18(13-29)28-17(4)30/h5-8,11-12,15,18H,9-10,13H2,1-4H3,(H,28,30)(H,25,26,27)/t15?,18-/m1/s1. The van der Waals surface area contributed by atoms with Gasteiger partial charge in [0.25, 0.3) is 0 Å². The van der Waals surface area contributed by atoms with Crippen LogP contribution in [0.15, 0.2) is 36.5 Å². The lowest BCUT2D eigenvalue weighted by molar-refractivity contribution is -0.119. The Morgan fingerprint density at radius 1 is 1.23 bits per heavy atom. The molecular formula is C23H28N6O. The van der Waals surface area contributed by atoms with Gasteiger partial charge in [-0.05, 0) is 44.4 Å². The van der Waals surface area contributed by atoms with Gasteiger partial charge in [-0.2, -0.15) is 0 Å². The van der Waals surface area contributed by atoms with Gasteiger partial charge in [0.2, 0.25) is 5.91 Å². The molecule has 4 rings (SSSR count). The van der Waals surface area contributed by atoms with E-state index in [9.17, 15) is 4.79 Å². The van der Waals surface area contributed by atoms with E-state index in [1.807, 2.05) is 13.1 Å². The zero-order valence-electron chi connectivity index (χ0n) is 17.9. The summed E-state index contributed by atoms with van der Waals surface area (Å²) in [5.74, 6) is 2.42. The Bertz CT molecular complexity index is 1080. The van der Waals surface area contributed by atoms with E-state index in [0.29, 0.717) is 5.82 Å². The lowest BCUT2D eigenvalue weighted by Crippen LogP contribution is -2.35. The van der Waals surface area contributed by atoms with Crippen LogP contribution in [0.5, 0.6) is 0 Å². The van der Waals surface area contributed by atoms with E-state index >= 15 is 0 Å². The molecule has 1 fully saturated rings. The van der Waals surface area contributed by atoms with Crippen LogP contribution < -0.4 is 15.5 Å². The van der Waals surface area contributed by atoms with E-state index in [4.69, 9.17) is 4.98 Å². The molecule has 1 aliphatic heterocycles. The van der Waals surface area contributed by atoms with E-state index in [-0.39, 0.29) is 18.0 Å². The van der Waals surface area contributed by atoms with E-state index in [0.717, 1.165) is 42.0 Å². The molecule has 2 atom stereocenters. The molecule has 0 spiro atoms. The Kier molecular flexibility index (Phi) is 5.53. The lowest BCUT2D eigenvalue weighted by atomic mass is 10.0. The Labute approximate surface area is 176 Å². The molecule has 2 N–H and O–H groups in total. The maximum absolute atomic E-state index is 11.4. The number of nitrogens with one attached hydrogen (secondary N) is 2. The maximum atomic E-state index is 11.4. The summed E-state index contributed by atoms with van der Waals surface area (Å²) in [6.45, 7) is 9.34. The molecule has 2 aromatic heterocycles. The van der Waals surface area contributed by atoms with Gasteiger partial charge >= 0.3 is 0 Å². The van der Waals surface area contributed by atoms with Crippen LogP contribution in [-0.4, -0.2) is 40.0 Å². The minimum Gasteiger partial charge on any atom is -0.363 e. The van der Waals surface area contributed by atoms with Crippen LogP contribution >= 0.6 is 0 Å². The molecule has 0 aliphatic carbocycles. The fourth-order valence-corrected chi connectivity index (χ4v) is 4.15. The van der Waals surface area contributed by atoms with Crippen molar-refractivity contribution in [2.24, 2.45) is 0 Å². The number of hydrogen-bond donors (Lipinski definition) is 2. The first-order chi connectivity index (χ1) is 14.4. The molecule has 1 saturated heterocycles. The molecule has 0 radical (unpaired) electrons. The summed E-state index contributed by atoms with van der Waals surface area (Å²) in [5.41, 5.74) is 3.31. The number of pyridine rings is 1. The van der Waals surface area contributed by atoms with Crippen molar-refractivity contribution < 1.29 is 4.79 Å². The monoisotopic (exact) mass is 404 g/mol. The number of aromatic nitrogens is 3. The van der Waals surface area contributed by atoms with E-state index in [1.165, 1.54) is 11.1 Å². The number of carbonyl (C=O) groups is 1. The third kappa shape index (κ3) is 4.20. The number of anilines is 2. The first kappa shape index (κ1) is 20.1. The van der Waals surface area contributed by atoms with Crippen LogP contribution in [0.1, 0.15) is 43.3 Å². The van der Waals surface area contributed by atoms with E-state index < -0.39 is 0 Å². The van der Waals surface area contributed by atoms with E-state index in [1.54, 1.807) is 6.92 Å². The highest BCUT2D eigenvalue weighted by Gasteiger charge is 2.24. The lowest BCUT2D eigenvalue weighted by Gasteiger charge is -2.21. The minimum absolute atomic E-state index is 0.00822. The number of nitrogens with zero attached hydrogens (tertiary/aromatic N) is 4. The normalized spacial score (nSPS) is 17.2. The first-order valence-electron chi connectivity index (χ1n) is 10.4. The average molecular weight is 405 g/mol. The molecule has 30 heavy (non-hydrogen) atoms. The van der Waals surface area contributed by atoms with Crippen molar-refractivity contribution in [3.63, 3.8) is 0 Å². The van der Waals surface area contributed by atoms with Crippen LogP contribution in [0.3, 0.4) is 0 Å². The van der Waals surface area contributed by atoms with Crippen LogP contribution in [0, 0.1) is 13.8 Å². The van der Waals surface area contributed by atoms with Crippen molar-refractivity contribution in [1.29, 1.82) is 0 Å². The van der Waals surface area contributed by atoms with Gasteiger partial charge in [0, 0.05) is 31.4 Å². The number of benzene rings is 1. The Hall–Kier alpha value is -3.22. The molecule has 156 valence electrons. The highest BCUT2D eigenvalue weighted by Crippen LogP contribution is 2.29. The molecule has 7 heteroatoms. The second-order valence-electron chi connectivity index (χ2n) is 8.03. The fourth-order valence-electron chi connectivity index (χ4n) is 4.15. The van der Waals surface area contributed by atoms with Crippen LogP contribution in [0.25, 0.3) is 10.9 Å². The van der Waals surface area contributed by atoms with Crippen molar-refractivity contribution in [3.05, 3.63) is 53.5 Å². The van der Waals surface area contributed by atoms with Gasteiger partial charge in [-0.3, -0.25) is 4.79 Å². The smallest absolute Gasteiger partial charge is 0.217 e. The zero-order chi connectivity index (χ0) is 21.3. The Morgan fingerprint density at radius 3 is 2.80 bits per heavy atom. The molecule has 1 amide bonds. The molecule has 1 aliphatic rings. The predicted octanol–water partition coefficient (Wildman–Crippen LogP) is 3.53. The Morgan fingerprint density at radius 2 is 2.03 bits per heavy atom. The largest absolute Gasteiger partial charge is 0.363 e. The molecule has 0 bridgehead atoms. The number of aryl methyl sites for hydroxylation is 2. The summed E-state index contributed by atoms with van der Waals surface area (Å²) in [6.07, 6.45) is 2.73. The number of carbonyl (C=O) groups excluding carboxylic acids is 1. The molecule has 7 nitrogen and oxygen atoms in total. The molecule has 0 saturated carbocycles. The summed E-state index contributed by atoms with van der Waals surface area (Å²) in [4.78, 5) is 27.5. The summed E-state index contributed by atoms with van der Waals surface area (Å²) < 4.78 is 0. The van der Waals surface area contributed by atoms with E-state index in [2.05, 4.69) is 69.7 Å². The second-order valence-corrected chi connectivity index (χ2v) is 8.03. The average Bonchev–Trinajstić information content (AvgIpc) is 3.15. The van der Waals surface area contributed by atoms with Gasteiger partial charge in [0.15, 0.2) is 0 Å². The fraction of sp³-hybridized carbons (Fsp3) is 0.391. The number of hydrogen-bond acceptors (Lipinski definition) is 6. The summed E-state index contributed by atoms with van der Waals surface area (Å²) >= 11 is 0. The quantitative estimate of drug-likeness (QED) is 0.677. The maximum Gasteiger partial charge on any atom is 0.217 e. The number of amides is 1. The summed E-state index contributed by atoms with van der Waals surface area (Å²) in [7, 11) is 0. The highest BCUT2D eigenvalue weighted by molar-refractivity contribution is 5.90. The number of rotatable bonds is 5. The Balaban J connectivity index is 1.64. The van der Waals surface area contributed by atoms with Gasteiger partial charge in [0.05, 0.1) is 17.8 Å². The first-order valence-corrected chi connectivity index (χ1v) is 10.4. The zero-order valence-corrected chi connectivity index (χ0v) is 17.9. The topological polar surface area (TPSA) is 83.0 Å². The summed E-state index contributed by atoms with van der Waals surface area (Å²) in [6, 6.07) is 10.7. The molecule has 3 heterocycles. The van der Waals surface area contributed by atoms with Crippen LogP contribution in [0.4, 0.5) is 11.6 Å². The highest BCUT2D eigenvalue weighted by atomic mass is 16.1. The second kappa shape index (κ2) is 8.26. The van der Waals surface area contributed by atoms with Crippen LogP contribution in [-0.2, 0) is 4.79 Å². The molecule has 1 unspecified atom stereocenters. The minimum atomic E-state index is 0.00822. The molecular weight excluding hydrogens is 376 g/mol. The predicted molar refractivity (Wildman–Crippen MR) is 120 cm³/mol. The summed E-state index contributed by atoms with van der Waals surface area (Å²) in [5, 5.41) is 7.54. The van der Waals surface area contributed by atoms with Crippen molar-refractivity contribution in [1.82, 2.24) is 20.3 Å². The number of fused-ring (bicyclic) bond motifs is 1. The van der Waals surface area contributed by atoms with Gasteiger partial charge in [-0.15, -0.1) is 0 Å². The van der Waals surface area contributed by atoms with Crippen LogP contribution in [0.2, 0.25) is 0 Å².